The Morgan fingerprint density at radius 3 is 2.32 bits per heavy atom. The van der Waals surface area contributed by atoms with Gasteiger partial charge in [-0.3, -0.25) is 4.79 Å². The molecule has 0 spiro atoms. The number of aromatic carboxylic acids is 1. The number of carboxylic acid groups (broad SMARTS) is 2. The fourth-order valence-electron chi connectivity index (χ4n) is 3.73. The molecule has 0 radical (unpaired) electrons. The van der Waals surface area contributed by atoms with Crippen molar-refractivity contribution in [3.05, 3.63) is 59.3 Å². The first-order valence-electron chi connectivity index (χ1n) is 10.1. The van der Waals surface area contributed by atoms with Crippen LogP contribution in [-0.2, 0) is 11.0 Å². The van der Waals surface area contributed by atoms with Crippen LogP contribution in [0.1, 0.15) is 39.3 Å². The Labute approximate surface area is 189 Å². The van der Waals surface area contributed by atoms with Gasteiger partial charge in [-0.25, -0.2) is 19.6 Å². The third-order valence-electron chi connectivity index (χ3n) is 5.39. The highest BCUT2D eigenvalue weighted by molar-refractivity contribution is 5.98. The molecule has 1 amide bonds. The van der Waals surface area contributed by atoms with Crippen molar-refractivity contribution in [3.8, 4) is 0 Å². The number of amides is 1. The second-order valence-electron chi connectivity index (χ2n) is 7.62. The highest BCUT2D eigenvalue weighted by Gasteiger charge is 2.34. The number of benzene rings is 2. The van der Waals surface area contributed by atoms with Crippen molar-refractivity contribution >= 4 is 40.4 Å². The molecule has 0 bridgehead atoms. The summed E-state index contributed by atoms with van der Waals surface area (Å²) in [4.78, 5) is 44.9. The number of carboxylic acids is 2. The molecule has 4 rings (SSSR count). The summed E-state index contributed by atoms with van der Waals surface area (Å²) in [5, 5.41) is 21.5. The van der Waals surface area contributed by atoms with E-state index in [9.17, 15) is 37.8 Å². The lowest BCUT2D eigenvalue weighted by Crippen LogP contribution is -2.40. The molecule has 2 aromatic carbocycles. The molecule has 1 atom stereocenters. The number of alkyl halides is 3. The van der Waals surface area contributed by atoms with Crippen molar-refractivity contribution in [1.82, 2.24) is 14.9 Å². The van der Waals surface area contributed by atoms with Crippen molar-refractivity contribution in [3.63, 3.8) is 0 Å². The van der Waals surface area contributed by atoms with Crippen LogP contribution in [0.5, 0.6) is 0 Å². The minimum atomic E-state index is -4.60. The molecular weight excluding hydrogens is 457 g/mol. The minimum absolute atomic E-state index is 0.0181. The first-order chi connectivity index (χ1) is 16.0. The largest absolute Gasteiger partial charge is 0.480 e. The lowest BCUT2D eigenvalue weighted by molar-refractivity contribution is -0.141. The summed E-state index contributed by atoms with van der Waals surface area (Å²) < 4.78 is 39.1. The molecule has 1 saturated heterocycles. The maximum Gasteiger partial charge on any atom is 0.416 e. The molecule has 0 aliphatic carbocycles. The van der Waals surface area contributed by atoms with Gasteiger partial charge in [0.2, 0.25) is 0 Å². The van der Waals surface area contributed by atoms with Crippen LogP contribution in [-0.4, -0.2) is 55.5 Å². The summed E-state index contributed by atoms with van der Waals surface area (Å²) in [6.07, 6.45) is -3.65. The molecule has 3 aromatic rings. The number of hydrogen-bond acceptors (Lipinski definition) is 6. The maximum absolute atomic E-state index is 13.0. The summed E-state index contributed by atoms with van der Waals surface area (Å²) in [7, 11) is 0. The average molecular weight is 474 g/mol. The van der Waals surface area contributed by atoms with Crippen molar-refractivity contribution in [2.75, 3.05) is 11.9 Å². The molecule has 0 saturated carbocycles. The number of halogens is 3. The fraction of sp³-hybridized carbons (Fsp3) is 0.227. The minimum Gasteiger partial charge on any atom is -0.480 e. The van der Waals surface area contributed by atoms with Gasteiger partial charge in [-0.05, 0) is 55.3 Å². The summed E-state index contributed by atoms with van der Waals surface area (Å²) in [6, 6.07) is 7.47. The van der Waals surface area contributed by atoms with Crippen LogP contribution in [0.25, 0.3) is 11.0 Å². The molecule has 34 heavy (non-hydrogen) atoms. The zero-order chi connectivity index (χ0) is 24.6. The summed E-state index contributed by atoms with van der Waals surface area (Å²) in [5.41, 5.74) is -1.08. The molecular formula is C22H17F3N4O5. The predicted octanol–water partition coefficient (Wildman–Crippen LogP) is 3.78. The maximum atomic E-state index is 13.0. The fourth-order valence-corrected chi connectivity index (χ4v) is 3.73. The Morgan fingerprint density at radius 1 is 1.00 bits per heavy atom. The molecule has 9 nitrogen and oxygen atoms in total. The van der Waals surface area contributed by atoms with Crippen molar-refractivity contribution in [2.45, 2.75) is 25.1 Å². The molecule has 1 unspecified atom stereocenters. The molecule has 2 heterocycles. The Kier molecular flexibility index (Phi) is 5.82. The lowest BCUT2D eigenvalue weighted by Gasteiger charge is -2.21. The third kappa shape index (κ3) is 4.47. The van der Waals surface area contributed by atoms with Crippen molar-refractivity contribution in [1.29, 1.82) is 0 Å². The van der Waals surface area contributed by atoms with Gasteiger partial charge in [-0.2, -0.15) is 13.2 Å². The van der Waals surface area contributed by atoms with Gasteiger partial charge in [0.15, 0.2) is 11.5 Å². The first-order valence-corrected chi connectivity index (χ1v) is 10.1. The number of likely N-dealkylation sites (tertiary alicyclic amines) is 1. The van der Waals surface area contributed by atoms with Crippen LogP contribution in [0, 0.1) is 0 Å². The van der Waals surface area contributed by atoms with E-state index in [-0.39, 0.29) is 22.4 Å². The molecule has 12 heteroatoms. The topological polar surface area (TPSA) is 133 Å². The van der Waals surface area contributed by atoms with Gasteiger partial charge in [-0.1, -0.05) is 0 Å². The van der Waals surface area contributed by atoms with Gasteiger partial charge in [0.25, 0.3) is 5.91 Å². The smallest absolute Gasteiger partial charge is 0.416 e. The molecule has 3 N–H and O–H groups in total. The Balaban J connectivity index is 1.62. The van der Waals surface area contributed by atoms with Gasteiger partial charge in [0.1, 0.15) is 6.04 Å². The second kappa shape index (κ2) is 8.61. The number of carbonyl (C=O) groups excluding carboxylic acids is 1. The Morgan fingerprint density at radius 2 is 1.71 bits per heavy atom. The van der Waals surface area contributed by atoms with E-state index >= 15 is 0 Å². The molecule has 1 aliphatic rings. The zero-order valence-corrected chi connectivity index (χ0v) is 17.3. The number of fused-ring (bicyclic) bond motifs is 1. The average Bonchev–Trinajstić information content (AvgIpc) is 3.28. The van der Waals surface area contributed by atoms with Crippen molar-refractivity contribution in [2.24, 2.45) is 0 Å². The number of nitrogens with zero attached hydrogens (tertiary/aromatic N) is 3. The lowest BCUT2D eigenvalue weighted by atomic mass is 10.1. The van der Waals surface area contributed by atoms with E-state index in [0.717, 1.165) is 18.2 Å². The van der Waals surface area contributed by atoms with Crippen LogP contribution in [0.4, 0.5) is 24.7 Å². The van der Waals surface area contributed by atoms with E-state index in [1.807, 2.05) is 0 Å². The van der Waals surface area contributed by atoms with Crippen LogP contribution < -0.4 is 5.32 Å². The van der Waals surface area contributed by atoms with Gasteiger partial charge in [0.05, 0.1) is 16.6 Å². The quantitative estimate of drug-likeness (QED) is 0.509. The molecule has 1 aliphatic heterocycles. The highest BCUT2D eigenvalue weighted by Crippen LogP contribution is 2.31. The first kappa shape index (κ1) is 23.0. The summed E-state index contributed by atoms with van der Waals surface area (Å²) >= 11 is 0. The van der Waals surface area contributed by atoms with Gasteiger partial charge in [-0.15, -0.1) is 0 Å². The summed E-state index contributed by atoms with van der Waals surface area (Å²) in [5.74, 6) is -3.23. The normalized spacial score (nSPS) is 16.0. The van der Waals surface area contributed by atoms with Gasteiger partial charge >= 0.3 is 18.1 Å². The van der Waals surface area contributed by atoms with Crippen LogP contribution in [0.3, 0.4) is 0 Å². The molecule has 1 fully saturated rings. The Hall–Kier alpha value is -4.22. The number of aliphatic carboxylic acids is 1. The number of rotatable bonds is 5. The van der Waals surface area contributed by atoms with E-state index in [1.165, 1.54) is 29.2 Å². The van der Waals surface area contributed by atoms with Crippen LogP contribution in [0.2, 0.25) is 0 Å². The Bertz CT molecular complexity index is 1290. The number of carbonyl (C=O) groups is 3. The number of nitrogens with one attached hydrogen (secondary N) is 1. The number of hydrogen-bond donors (Lipinski definition) is 3. The SMILES string of the molecule is O=C(O)c1nc2ccc(C(F)(F)F)cc2nc1Nc1ccc(C(=O)N2CCCC2C(=O)O)cc1. The van der Waals surface area contributed by atoms with Gasteiger partial charge < -0.3 is 20.4 Å². The molecule has 1 aromatic heterocycles. The second-order valence-corrected chi connectivity index (χ2v) is 7.62. The monoisotopic (exact) mass is 474 g/mol. The predicted molar refractivity (Wildman–Crippen MR) is 113 cm³/mol. The van der Waals surface area contributed by atoms with Gasteiger partial charge in [0, 0.05) is 17.8 Å². The van der Waals surface area contributed by atoms with Crippen LogP contribution >= 0.6 is 0 Å². The van der Waals surface area contributed by atoms with Crippen LogP contribution in [0.15, 0.2) is 42.5 Å². The van der Waals surface area contributed by atoms with E-state index in [1.54, 1.807) is 0 Å². The van der Waals surface area contributed by atoms with E-state index in [2.05, 4.69) is 15.3 Å². The number of aromatic nitrogens is 2. The standard InChI is InChI=1S/C22H17F3N4O5/c23-22(24,25)12-5-8-14-15(10-12)28-18(17(27-14)21(33)34)26-13-6-3-11(4-7-13)19(30)29-9-1-2-16(29)20(31)32/h3-8,10,16H,1-2,9H2,(H,26,28)(H,31,32)(H,33,34). The highest BCUT2D eigenvalue weighted by atomic mass is 19.4. The summed E-state index contributed by atoms with van der Waals surface area (Å²) in [6.45, 7) is 0.324. The third-order valence-corrected chi connectivity index (χ3v) is 5.39. The van der Waals surface area contributed by atoms with E-state index < -0.39 is 41.3 Å². The van der Waals surface area contributed by atoms with E-state index in [0.29, 0.717) is 25.1 Å². The molecule has 176 valence electrons. The zero-order valence-electron chi connectivity index (χ0n) is 17.3. The number of anilines is 2. The van der Waals surface area contributed by atoms with E-state index in [4.69, 9.17) is 0 Å². The van der Waals surface area contributed by atoms with Crippen molar-refractivity contribution < 1.29 is 37.8 Å².